The number of rotatable bonds is 13. The van der Waals surface area contributed by atoms with Crippen LogP contribution in [-0.4, -0.2) is 46.6 Å². The Balaban J connectivity index is 1.55. The van der Waals surface area contributed by atoms with Crippen LogP contribution in [0.3, 0.4) is 0 Å². The Labute approximate surface area is 227 Å². The van der Waals surface area contributed by atoms with E-state index in [1.54, 1.807) is 38.5 Å². The number of aromatic nitrogens is 3. The molecule has 0 radical (unpaired) electrons. The van der Waals surface area contributed by atoms with Gasteiger partial charge < -0.3 is 24.7 Å². The zero-order chi connectivity index (χ0) is 27.5. The first-order valence-electron chi connectivity index (χ1n) is 12.1. The predicted octanol–water partition coefficient (Wildman–Crippen LogP) is 4.67. The van der Waals surface area contributed by atoms with E-state index in [-0.39, 0.29) is 24.1 Å². The summed E-state index contributed by atoms with van der Waals surface area (Å²) in [6.45, 7) is 8.66. The largest absolute Gasteiger partial charge is 0.493 e. The van der Waals surface area contributed by atoms with Gasteiger partial charge >= 0.3 is 0 Å². The van der Waals surface area contributed by atoms with E-state index in [1.165, 1.54) is 23.4 Å². The molecule has 1 aromatic heterocycles. The number of anilines is 1. The normalized spacial score (nSPS) is 11.0. The minimum atomic E-state index is -0.287. The molecule has 38 heavy (non-hydrogen) atoms. The first-order chi connectivity index (χ1) is 18.3. The van der Waals surface area contributed by atoms with Gasteiger partial charge in [-0.15, -0.1) is 16.8 Å². The number of thioether (sulfide) groups is 1. The Kier molecular flexibility index (Phi) is 10.5. The maximum atomic E-state index is 12.5. The fourth-order valence-corrected chi connectivity index (χ4v) is 4.27. The van der Waals surface area contributed by atoms with E-state index in [0.29, 0.717) is 34.9 Å². The number of carbonyl (C=O) groups is 2. The summed E-state index contributed by atoms with van der Waals surface area (Å²) in [6, 6.07) is 13.2. The lowest BCUT2D eigenvalue weighted by Crippen LogP contribution is -2.23. The fraction of sp³-hybridized carbons (Fsp3) is 0.286. The summed E-state index contributed by atoms with van der Waals surface area (Å²) >= 11 is 1.27. The highest BCUT2D eigenvalue weighted by atomic mass is 32.2. The number of hydrogen-bond donors (Lipinski definition) is 2. The van der Waals surface area contributed by atoms with E-state index in [9.17, 15) is 9.59 Å². The van der Waals surface area contributed by atoms with Gasteiger partial charge in [-0.3, -0.25) is 9.59 Å². The Morgan fingerprint density at radius 1 is 1.08 bits per heavy atom. The molecule has 2 N–H and O–H groups in total. The summed E-state index contributed by atoms with van der Waals surface area (Å²) in [7, 11) is 3.12. The summed E-state index contributed by atoms with van der Waals surface area (Å²) in [5.41, 5.74) is 2.75. The molecule has 0 fully saturated rings. The van der Waals surface area contributed by atoms with Crippen LogP contribution in [0.4, 0.5) is 5.69 Å². The molecule has 1 heterocycles. The Morgan fingerprint density at radius 3 is 2.47 bits per heavy atom. The van der Waals surface area contributed by atoms with Gasteiger partial charge in [0.1, 0.15) is 0 Å². The minimum absolute atomic E-state index is 0.143. The van der Waals surface area contributed by atoms with Crippen LogP contribution in [0.1, 0.15) is 36.7 Å². The number of carbonyl (C=O) groups excluding carboxylic acids is 2. The van der Waals surface area contributed by atoms with Crippen molar-refractivity contribution in [3.63, 3.8) is 0 Å². The molecule has 10 heteroatoms. The van der Waals surface area contributed by atoms with Crippen LogP contribution in [0.25, 0.3) is 6.08 Å². The molecular formula is C28H33N5O4S. The van der Waals surface area contributed by atoms with Crippen LogP contribution in [0.2, 0.25) is 0 Å². The minimum Gasteiger partial charge on any atom is -0.493 e. The highest BCUT2D eigenvalue weighted by molar-refractivity contribution is 7.99. The van der Waals surface area contributed by atoms with Crippen LogP contribution in [0.5, 0.6) is 11.5 Å². The number of hydrogen-bond acceptors (Lipinski definition) is 7. The Bertz CT molecular complexity index is 1280. The molecule has 9 nitrogen and oxygen atoms in total. The molecule has 0 aliphatic heterocycles. The number of amides is 2. The topological polar surface area (TPSA) is 107 Å². The average Bonchev–Trinajstić information content (AvgIpc) is 3.31. The molecule has 0 bridgehead atoms. The van der Waals surface area contributed by atoms with Crippen LogP contribution < -0.4 is 20.1 Å². The quantitative estimate of drug-likeness (QED) is 0.186. The molecule has 3 aromatic rings. The van der Waals surface area contributed by atoms with Gasteiger partial charge in [-0.05, 0) is 47.4 Å². The Hall–Kier alpha value is -4.05. The van der Waals surface area contributed by atoms with Crippen LogP contribution in [0, 0.1) is 0 Å². The molecule has 0 saturated carbocycles. The van der Waals surface area contributed by atoms with Gasteiger partial charge in [-0.25, -0.2) is 0 Å². The van der Waals surface area contributed by atoms with Gasteiger partial charge in [0, 0.05) is 18.3 Å². The molecule has 0 atom stereocenters. The first kappa shape index (κ1) is 28.5. The van der Waals surface area contributed by atoms with Crippen molar-refractivity contribution < 1.29 is 19.1 Å². The average molecular weight is 536 g/mol. The molecule has 2 amide bonds. The van der Waals surface area contributed by atoms with Gasteiger partial charge in [0.15, 0.2) is 22.5 Å². The summed E-state index contributed by atoms with van der Waals surface area (Å²) < 4.78 is 12.3. The SMILES string of the molecule is C=CCn1c(CNC(=O)C=Cc2ccc(OC)c(OC)c2)nnc1SCC(=O)Nc1ccc(C(C)C)cc1. The number of benzene rings is 2. The highest BCUT2D eigenvalue weighted by Crippen LogP contribution is 2.28. The molecule has 200 valence electrons. The maximum absolute atomic E-state index is 12.5. The monoisotopic (exact) mass is 535 g/mol. The number of ether oxygens (including phenoxy) is 2. The fourth-order valence-electron chi connectivity index (χ4n) is 3.50. The molecular weight excluding hydrogens is 502 g/mol. The maximum Gasteiger partial charge on any atom is 0.244 e. The summed E-state index contributed by atoms with van der Waals surface area (Å²) in [5.74, 6) is 1.92. The van der Waals surface area contributed by atoms with Gasteiger partial charge in [0.2, 0.25) is 11.8 Å². The van der Waals surface area contributed by atoms with Crippen molar-refractivity contribution in [3.8, 4) is 11.5 Å². The second-order valence-corrected chi connectivity index (χ2v) is 9.52. The van der Waals surface area contributed by atoms with Crippen LogP contribution in [0.15, 0.2) is 66.4 Å². The third kappa shape index (κ3) is 7.97. The van der Waals surface area contributed by atoms with Gasteiger partial charge in [-0.2, -0.15) is 0 Å². The molecule has 0 aliphatic rings. The zero-order valence-corrected chi connectivity index (χ0v) is 22.9. The second-order valence-electron chi connectivity index (χ2n) is 8.58. The molecule has 2 aromatic carbocycles. The lowest BCUT2D eigenvalue weighted by molar-refractivity contribution is -0.116. The van der Waals surface area contributed by atoms with Gasteiger partial charge in [0.05, 0.1) is 26.5 Å². The van der Waals surface area contributed by atoms with E-state index >= 15 is 0 Å². The van der Waals surface area contributed by atoms with Crippen molar-refractivity contribution in [2.75, 3.05) is 25.3 Å². The molecule has 0 saturated heterocycles. The predicted molar refractivity (Wildman–Crippen MR) is 151 cm³/mol. The van der Waals surface area contributed by atoms with Crippen LogP contribution >= 0.6 is 11.8 Å². The molecule has 0 aliphatic carbocycles. The molecule has 3 rings (SSSR count). The standard InChI is InChI=1S/C28H33N5O4S/c1-6-15-33-25(17-29-26(34)14-8-20-7-13-23(36-4)24(16-20)37-5)31-32-28(33)38-18-27(35)30-22-11-9-21(10-12-22)19(2)3/h6-14,16,19H,1,15,17-18H2,2-5H3,(H,29,34)(H,30,35). The second kappa shape index (κ2) is 14.0. The van der Waals surface area contributed by atoms with E-state index in [2.05, 4.69) is 41.3 Å². The Morgan fingerprint density at radius 2 is 1.82 bits per heavy atom. The number of nitrogens with one attached hydrogen (secondary N) is 2. The molecule has 0 spiro atoms. The van der Waals surface area contributed by atoms with E-state index < -0.39 is 0 Å². The zero-order valence-electron chi connectivity index (χ0n) is 22.1. The smallest absolute Gasteiger partial charge is 0.244 e. The van der Waals surface area contributed by atoms with Crippen molar-refractivity contribution in [2.24, 2.45) is 0 Å². The highest BCUT2D eigenvalue weighted by Gasteiger charge is 2.14. The van der Waals surface area contributed by atoms with Crippen molar-refractivity contribution in [1.29, 1.82) is 0 Å². The van der Waals surface area contributed by atoms with E-state index in [1.807, 2.05) is 34.9 Å². The van der Waals surface area contributed by atoms with Crippen molar-refractivity contribution >= 4 is 35.3 Å². The van der Waals surface area contributed by atoms with Gasteiger partial charge in [-0.1, -0.05) is 49.9 Å². The van der Waals surface area contributed by atoms with Crippen molar-refractivity contribution in [2.45, 2.75) is 38.0 Å². The lowest BCUT2D eigenvalue weighted by atomic mass is 10.0. The number of methoxy groups -OCH3 is 2. The third-order valence-electron chi connectivity index (χ3n) is 5.55. The summed E-state index contributed by atoms with van der Waals surface area (Å²) in [6.07, 6.45) is 4.83. The van der Waals surface area contributed by atoms with Gasteiger partial charge in [0.25, 0.3) is 0 Å². The third-order valence-corrected chi connectivity index (χ3v) is 6.52. The first-order valence-corrected chi connectivity index (χ1v) is 13.1. The van der Waals surface area contributed by atoms with Crippen LogP contribution in [-0.2, 0) is 22.7 Å². The summed E-state index contributed by atoms with van der Waals surface area (Å²) in [5, 5.41) is 14.7. The summed E-state index contributed by atoms with van der Waals surface area (Å²) in [4.78, 5) is 24.9. The van der Waals surface area contributed by atoms with Crippen molar-refractivity contribution in [3.05, 3.63) is 78.1 Å². The lowest BCUT2D eigenvalue weighted by Gasteiger charge is -2.09. The van der Waals surface area contributed by atoms with E-state index in [4.69, 9.17) is 9.47 Å². The number of allylic oxidation sites excluding steroid dienone is 1. The molecule has 0 unspecified atom stereocenters. The number of nitrogens with zero attached hydrogens (tertiary/aromatic N) is 3. The van der Waals surface area contributed by atoms with Crippen molar-refractivity contribution in [1.82, 2.24) is 20.1 Å². The van der Waals surface area contributed by atoms with E-state index in [0.717, 1.165) is 11.3 Å².